The highest BCUT2D eigenvalue weighted by atomic mass is 32.2. The van der Waals surface area contributed by atoms with E-state index >= 15 is 0 Å². The van der Waals surface area contributed by atoms with Gasteiger partial charge in [-0.25, -0.2) is 0 Å². The van der Waals surface area contributed by atoms with E-state index in [2.05, 4.69) is 12.2 Å². The molecule has 1 atom stereocenters. The minimum absolute atomic E-state index is 0.309. The molecule has 2 rings (SSSR count). The Bertz CT molecular complexity index is 357. The summed E-state index contributed by atoms with van der Waals surface area (Å²) in [5.74, 6) is 1.31. The molecule has 1 N–H and O–H groups in total. The van der Waals surface area contributed by atoms with Crippen LogP contribution < -0.4 is 5.32 Å². The van der Waals surface area contributed by atoms with Crippen LogP contribution in [0.4, 0.5) is 0 Å². The molecule has 0 saturated carbocycles. The molecular formula is C13H17NOS. The van der Waals surface area contributed by atoms with Crippen LogP contribution in [0.25, 0.3) is 0 Å². The Kier molecular flexibility index (Phi) is 3.66. The van der Waals surface area contributed by atoms with E-state index < -0.39 is 4.87 Å². The summed E-state index contributed by atoms with van der Waals surface area (Å²) in [6.07, 6.45) is 1.56. The zero-order valence-corrected chi connectivity index (χ0v) is 10.3. The Balaban J connectivity index is 2.32. The SMILES string of the molecule is CCCC(=O)C1(c2ccccc2)NCCS1. The number of benzene rings is 1. The van der Waals surface area contributed by atoms with Crippen molar-refractivity contribution in [1.29, 1.82) is 0 Å². The molecule has 16 heavy (non-hydrogen) atoms. The topological polar surface area (TPSA) is 29.1 Å². The number of nitrogens with one attached hydrogen (secondary N) is 1. The first kappa shape index (κ1) is 11.7. The van der Waals surface area contributed by atoms with Gasteiger partial charge in [-0.3, -0.25) is 10.1 Å². The zero-order valence-electron chi connectivity index (χ0n) is 9.53. The third-order valence-electron chi connectivity index (χ3n) is 2.84. The van der Waals surface area contributed by atoms with E-state index in [9.17, 15) is 4.79 Å². The standard InChI is InChI=1S/C13H17NOS/c1-2-6-12(15)13(14-9-10-16-13)11-7-4-3-5-8-11/h3-5,7-8,14H,2,6,9-10H2,1H3. The van der Waals surface area contributed by atoms with Crippen LogP contribution in [0.2, 0.25) is 0 Å². The number of carbonyl (C=O) groups excluding carboxylic acids is 1. The number of ketones is 1. The molecule has 1 heterocycles. The predicted octanol–water partition coefficient (Wildman–Crippen LogP) is 2.55. The van der Waals surface area contributed by atoms with Crippen LogP contribution >= 0.6 is 11.8 Å². The van der Waals surface area contributed by atoms with Crippen LogP contribution in [0, 0.1) is 0 Å². The number of thioether (sulfide) groups is 1. The maximum absolute atomic E-state index is 12.3. The van der Waals surface area contributed by atoms with Gasteiger partial charge in [-0.1, -0.05) is 37.3 Å². The van der Waals surface area contributed by atoms with Gasteiger partial charge in [0, 0.05) is 18.7 Å². The molecule has 0 amide bonds. The monoisotopic (exact) mass is 235 g/mol. The minimum atomic E-state index is -0.475. The van der Waals surface area contributed by atoms with Gasteiger partial charge in [0.2, 0.25) is 0 Å². The van der Waals surface area contributed by atoms with Gasteiger partial charge in [-0.2, -0.15) is 0 Å². The summed E-state index contributed by atoms with van der Waals surface area (Å²) >= 11 is 1.73. The molecule has 1 aliphatic rings. The number of Topliss-reactive ketones (excluding diaryl/α,β-unsaturated/α-hetero) is 1. The fraction of sp³-hybridized carbons (Fsp3) is 0.462. The highest BCUT2D eigenvalue weighted by Crippen LogP contribution is 2.39. The van der Waals surface area contributed by atoms with Gasteiger partial charge in [-0.15, -0.1) is 11.8 Å². The predicted molar refractivity (Wildman–Crippen MR) is 68.5 cm³/mol. The molecule has 0 aliphatic carbocycles. The average Bonchev–Trinajstić information content (AvgIpc) is 2.81. The molecular weight excluding hydrogens is 218 g/mol. The van der Waals surface area contributed by atoms with E-state index in [0.29, 0.717) is 12.2 Å². The van der Waals surface area contributed by atoms with Gasteiger partial charge >= 0.3 is 0 Å². The highest BCUT2D eigenvalue weighted by Gasteiger charge is 2.42. The molecule has 2 nitrogen and oxygen atoms in total. The molecule has 0 spiro atoms. The van der Waals surface area contributed by atoms with Gasteiger partial charge in [0.15, 0.2) is 5.78 Å². The van der Waals surface area contributed by atoms with Gasteiger partial charge in [0.1, 0.15) is 4.87 Å². The molecule has 1 aliphatic heterocycles. The summed E-state index contributed by atoms with van der Waals surface area (Å²) < 4.78 is 0. The van der Waals surface area contributed by atoms with E-state index in [1.807, 2.05) is 30.3 Å². The Labute approximate surface area is 101 Å². The summed E-state index contributed by atoms with van der Waals surface area (Å²) in [6.45, 7) is 2.96. The highest BCUT2D eigenvalue weighted by molar-refractivity contribution is 8.01. The molecule has 86 valence electrons. The second-order valence-corrected chi connectivity index (χ2v) is 5.30. The summed E-state index contributed by atoms with van der Waals surface area (Å²) in [6, 6.07) is 10.1. The van der Waals surface area contributed by atoms with Crippen molar-refractivity contribution in [1.82, 2.24) is 5.32 Å². The van der Waals surface area contributed by atoms with Crippen molar-refractivity contribution in [3.63, 3.8) is 0 Å². The first-order valence-electron chi connectivity index (χ1n) is 5.77. The lowest BCUT2D eigenvalue weighted by Gasteiger charge is -2.27. The second-order valence-electron chi connectivity index (χ2n) is 4.00. The normalized spacial score (nSPS) is 24.6. The lowest BCUT2D eigenvalue weighted by molar-refractivity contribution is -0.122. The van der Waals surface area contributed by atoms with Crippen molar-refractivity contribution in [2.24, 2.45) is 0 Å². The number of carbonyl (C=O) groups is 1. The summed E-state index contributed by atoms with van der Waals surface area (Å²) in [5.41, 5.74) is 1.09. The third kappa shape index (κ3) is 2.02. The number of hydrogen-bond donors (Lipinski definition) is 1. The summed E-state index contributed by atoms with van der Waals surface area (Å²) in [7, 11) is 0. The molecule has 1 unspecified atom stereocenters. The van der Waals surface area contributed by atoms with Gasteiger partial charge < -0.3 is 0 Å². The van der Waals surface area contributed by atoms with Gasteiger partial charge in [0.25, 0.3) is 0 Å². The zero-order chi connectivity index (χ0) is 11.4. The third-order valence-corrected chi connectivity index (χ3v) is 4.29. The largest absolute Gasteiger partial charge is 0.296 e. The van der Waals surface area contributed by atoms with E-state index in [0.717, 1.165) is 24.3 Å². The Hall–Kier alpha value is -0.800. The minimum Gasteiger partial charge on any atom is -0.296 e. The first-order chi connectivity index (χ1) is 7.79. The van der Waals surface area contributed by atoms with Crippen LogP contribution in [-0.4, -0.2) is 18.1 Å². The van der Waals surface area contributed by atoms with Crippen LogP contribution in [0.3, 0.4) is 0 Å². The Morgan fingerprint density at radius 2 is 2.19 bits per heavy atom. The molecule has 1 aromatic rings. The van der Waals surface area contributed by atoms with Crippen molar-refractivity contribution in [3.8, 4) is 0 Å². The maximum Gasteiger partial charge on any atom is 0.167 e. The summed E-state index contributed by atoms with van der Waals surface area (Å²) in [4.78, 5) is 11.8. The van der Waals surface area contributed by atoms with E-state index in [1.54, 1.807) is 11.8 Å². The van der Waals surface area contributed by atoms with Crippen molar-refractivity contribution >= 4 is 17.5 Å². The van der Waals surface area contributed by atoms with Crippen LogP contribution in [0.15, 0.2) is 30.3 Å². The lowest BCUT2D eigenvalue weighted by atomic mass is 9.99. The first-order valence-corrected chi connectivity index (χ1v) is 6.76. The fourth-order valence-corrected chi connectivity index (χ4v) is 3.36. The average molecular weight is 235 g/mol. The number of hydrogen-bond acceptors (Lipinski definition) is 3. The van der Waals surface area contributed by atoms with Crippen LogP contribution in [-0.2, 0) is 9.67 Å². The summed E-state index contributed by atoms with van der Waals surface area (Å²) in [5, 5.41) is 3.38. The Morgan fingerprint density at radius 1 is 1.44 bits per heavy atom. The Morgan fingerprint density at radius 3 is 2.75 bits per heavy atom. The maximum atomic E-state index is 12.3. The smallest absolute Gasteiger partial charge is 0.167 e. The lowest BCUT2D eigenvalue weighted by Crippen LogP contribution is -2.42. The molecule has 1 saturated heterocycles. The molecule has 3 heteroatoms. The van der Waals surface area contributed by atoms with Gasteiger partial charge in [-0.05, 0) is 12.0 Å². The molecule has 0 bridgehead atoms. The fourth-order valence-electron chi connectivity index (χ4n) is 2.08. The quantitative estimate of drug-likeness (QED) is 0.869. The van der Waals surface area contributed by atoms with E-state index in [4.69, 9.17) is 0 Å². The van der Waals surface area contributed by atoms with Crippen LogP contribution in [0.5, 0.6) is 0 Å². The van der Waals surface area contributed by atoms with Crippen molar-refractivity contribution in [2.75, 3.05) is 12.3 Å². The van der Waals surface area contributed by atoms with E-state index in [-0.39, 0.29) is 0 Å². The van der Waals surface area contributed by atoms with Gasteiger partial charge in [0.05, 0.1) is 0 Å². The number of rotatable bonds is 4. The van der Waals surface area contributed by atoms with Crippen molar-refractivity contribution < 1.29 is 4.79 Å². The van der Waals surface area contributed by atoms with Crippen molar-refractivity contribution in [2.45, 2.75) is 24.6 Å². The molecule has 0 radical (unpaired) electrons. The molecule has 0 aromatic heterocycles. The van der Waals surface area contributed by atoms with Crippen LogP contribution in [0.1, 0.15) is 25.3 Å². The molecule has 1 aromatic carbocycles. The molecule has 1 fully saturated rings. The van der Waals surface area contributed by atoms with Crippen molar-refractivity contribution in [3.05, 3.63) is 35.9 Å². The second kappa shape index (κ2) is 5.02. The van der Waals surface area contributed by atoms with E-state index in [1.165, 1.54) is 0 Å².